The van der Waals surface area contributed by atoms with E-state index in [-0.39, 0.29) is 0 Å². The number of nitrogens with zero attached hydrogens (tertiary/aromatic N) is 4. The molecule has 4 nitrogen and oxygen atoms in total. The number of benzene rings is 7. The minimum absolute atomic E-state index is 0.597. The maximum Gasteiger partial charge on any atom is 0.195 e. The first-order valence-corrected chi connectivity index (χ1v) is 15.8. The highest BCUT2D eigenvalue weighted by atomic mass is 15.0. The summed E-state index contributed by atoms with van der Waals surface area (Å²) in [6, 6.07) is 54.4. The van der Waals surface area contributed by atoms with Crippen LogP contribution in [0.4, 0.5) is 11.4 Å². The fourth-order valence-electron chi connectivity index (χ4n) is 7.19. The van der Waals surface area contributed by atoms with Gasteiger partial charge in [0.2, 0.25) is 0 Å². The molecule has 0 spiro atoms. The van der Waals surface area contributed by atoms with Crippen LogP contribution in [-0.4, -0.2) is 9.13 Å². The molecular weight excluding hydrogens is 585 g/mol. The van der Waals surface area contributed by atoms with Crippen molar-refractivity contribution in [2.45, 2.75) is 0 Å². The van der Waals surface area contributed by atoms with E-state index < -0.39 is 0 Å². The second-order valence-electron chi connectivity index (χ2n) is 12.0. The number of hydrogen-bond acceptors (Lipinski definition) is 0. The first kappa shape index (κ1) is 27.4. The molecule has 222 valence electrons. The van der Waals surface area contributed by atoms with Gasteiger partial charge in [-0.25, -0.2) is 9.69 Å². The molecule has 7 aromatic carbocycles. The summed E-state index contributed by atoms with van der Waals surface area (Å²) in [6.07, 6.45) is 0. The molecule has 0 atom stereocenters. The van der Waals surface area contributed by atoms with Crippen molar-refractivity contribution in [3.8, 4) is 33.6 Å². The Kier molecular flexibility index (Phi) is 6.22. The predicted molar refractivity (Wildman–Crippen MR) is 199 cm³/mol. The van der Waals surface area contributed by atoms with E-state index >= 15 is 0 Å². The van der Waals surface area contributed by atoms with Crippen LogP contribution in [0.2, 0.25) is 0 Å². The third kappa shape index (κ3) is 4.22. The van der Waals surface area contributed by atoms with Gasteiger partial charge >= 0.3 is 0 Å². The Morgan fingerprint density at radius 3 is 1.58 bits per heavy atom. The molecule has 0 bridgehead atoms. The summed E-state index contributed by atoms with van der Waals surface area (Å²) in [7, 11) is 0. The fraction of sp³-hybridized carbons (Fsp3) is 0. The molecule has 0 fully saturated rings. The lowest BCUT2D eigenvalue weighted by Crippen LogP contribution is -1.97. The predicted octanol–water partition coefficient (Wildman–Crippen LogP) is 12.3. The van der Waals surface area contributed by atoms with Crippen LogP contribution in [0.1, 0.15) is 0 Å². The molecule has 9 rings (SSSR count). The number of hydrogen-bond donors (Lipinski definition) is 0. The molecule has 4 heteroatoms. The minimum Gasteiger partial charge on any atom is -0.309 e. The van der Waals surface area contributed by atoms with Crippen LogP contribution in [0.15, 0.2) is 158 Å². The molecule has 0 saturated carbocycles. The Balaban J connectivity index is 1.34. The van der Waals surface area contributed by atoms with Crippen molar-refractivity contribution in [2.75, 3.05) is 0 Å². The second kappa shape index (κ2) is 10.9. The van der Waals surface area contributed by atoms with Gasteiger partial charge in [-0.1, -0.05) is 97.1 Å². The summed E-state index contributed by atoms with van der Waals surface area (Å²) >= 11 is 0. The van der Waals surface area contributed by atoms with Crippen molar-refractivity contribution in [3.63, 3.8) is 0 Å². The van der Waals surface area contributed by atoms with E-state index in [0.29, 0.717) is 11.4 Å². The van der Waals surface area contributed by atoms with Crippen LogP contribution in [-0.2, 0) is 0 Å². The first-order valence-electron chi connectivity index (χ1n) is 15.8. The fourth-order valence-corrected chi connectivity index (χ4v) is 7.19. The average molecular weight is 611 g/mol. The average Bonchev–Trinajstić information content (AvgIpc) is 3.67. The Labute approximate surface area is 277 Å². The van der Waals surface area contributed by atoms with Gasteiger partial charge < -0.3 is 9.13 Å². The van der Waals surface area contributed by atoms with Crippen molar-refractivity contribution in [1.82, 2.24) is 9.13 Å². The topological polar surface area (TPSA) is 18.6 Å². The molecule has 0 amide bonds. The molecule has 0 aliphatic carbocycles. The highest BCUT2D eigenvalue weighted by molar-refractivity contribution is 6.11. The lowest BCUT2D eigenvalue weighted by atomic mass is 9.96. The zero-order chi connectivity index (χ0) is 32.2. The van der Waals surface area contributed by atoms with Crippen LogP contribution in [0.5, 0.6) is 0 Å². The van der Waals surface area contributed by atoms with Crippen molar-refractivity contribution < 1.29 is 0 Å². The Bertz CT molecular complexity index is 2750. The van der Waals surface area contributed by atoms with Crippen LogP contribution in [0.25, 0.3) is 86.9 Å². The Morgan fingerprint density at radius 1 is 0.375 bits per heavy atom. The third-order valence-corrected chi connectivity index (χ3v) is 9.32. The normalized spacial score (nSPS) is 11.3. The molecule has 48 heavy (non-hydrogen) atoms. The van der Waals surface area contributed by atoms with Crippen LogP contribution in [0.3, 0.4) is 0 Å². The van der Waals surface area contributed by atoms with E-state index in [2.05, 4.69) is 140 Å². The zero-order valence-electron chi connectivity index (χ0n) is 25.8. The van der Waals surface area contributed by atoms with E-state index in [1.807, 2.05) is 36.4 Å². The van der Waals surface area contributed by atoms with Gasteiger partial charge in [-0.3, -0.25) is 0 Å². The quantitative estimate of drug-likeness (QED) is 0.177. The molecule has 0 aliphatic rings. The van der Waals surface area contributed by atoms with E-state index in [1.54, 1.807) is 0 Å². The SMILES string of the molecule is [C-]#[N+]c1ccc2c(c1)c1ccccc1n2-c1cc(-c2ccccc2)cc(-c2cc(-n3c4ccccc4c4ccccc43)ccc2[N+]#[C-])c1. The standard InChI is InChI=1S/C44H26N4/c1-45-32-20-23-44-39(27-32)37-16-8-11-19-43(37)48(44)34-25-30(29-12-4-3-5-13-29)24-31(26-34)38-28-33(21-22-40(38)46-2)47-41-17-9-6-14-35(41)36-15-7-10-18-42(36)47/h3-28H. The molecular formula is C44H26N4. The molecule has 0 aliphatic heterocycles. The van der Waals surface area contributed by atoms with Crippen LogP contribution < -0.4 is 0 Å². The summed E-state index contributed by atoms with van der Waals surface area (Å²) in [4.78, 5) is 7.73. The van der Waals surface area contributed by atoms with Crippen molar-refractivity contribution in [1.29, 1.82) is 0 Å². The van der Waals surface area contributed by atoms with Crippen molar-refractivity contribution >= 4 is 55.0 Å². The summed E-state index contributed by atoms with van der Waals surface area (Å²) in [6.45, 7) is 15.8. The largest absolute Gasteiger partial charge is 0.309 e. The van der Waals surface area contributed by atoms with E-state index in [9.17, 15) is 0 Å². The summed E-state index contributed by atoms with van der Waals surface area (Å²) in [5.74, 6) is 0. The number of rotatable bonds is 4. The minimum atomic E-state index is 0.597. The van der Waals surface area contributed by atoms with Gasteiger partial charge in [0, 0.05) is 27.5 Å². The summed E-state index contributed by atoms with van der Waals surface area (Å²) in [5, 5.41) is 4.54. The maximum absolute atomic E-state index is 8.19. The molecule has 0 radical (unpaired) electrons. The van der Waals surface area contributed by atoms with Crippen LogP contribution >= 0.6 is 0 Å². The Morgan fingerprint density at radius 2 is 0.938 bits per heavy atom. The smallest absolute Gasteiger partial charge is 0.195 e. The summed E-state index contributed by atoms with van der Waals surface area (Å²) < 4.78 is 4.58. The first-order chi connectivity index (χ1) is 23.7. The third-order valence-electron chi connectivity index (χ3n) is 9.32. The van der Waals surface area contributed by atoms with E-state index in [4.69, 9.17) is 13.1 Å². The second-order valence-corrected chi connectivity index (χ2v) is 12.0. The molecule has 0 N–H and O–H groups in total. The van der Waals surface area contributed by atoms with Gasteiger partial charge in [-0.15, -0.1) is 0 Å². The monoisotopic (exact) mass is 610 g/mol. The molecule has 9 aromatic rings. The van der Waals surface area contributed by atoms with Gasteiger partial charge in [-0.2, -0.15) is 0 Å². The number of aromatic nitrogens is 2. The molecule has 2 heterocycles. The molecule has 0 unspecified atom stereocenters. The Hall–Kier alpha value is -6.88. The maximum atomic E-state index is 8.19. The zero-order valence-corrected chi connectivity index (χ0v) is 25.8. The van der Waals surface area contributed by atoms with E-state index in [1.165, 1.54) is 10.8 Å². The van der Waals surface area contributed by atoms with E-state index in [0.717, 1.165) is 66.5 Å². The lowest BCUT2D eigenvalue weighted by molar-refractivity contribution is 1.18. The van der Waals surface area contributed by atoms with Crippen molar-refractivity contribution in [2.24, 2.45) is 0 Å². The van der Waals surface area contributed by atoms with Gasteiger partial charge in [0.15, 0.2) is 11.4 Å². The molecule has 2 aromatic heterocycles. The molecule has 0 saturated heterocycles. The number of para-hydroxylation sites is 3. The highest BCUT2D eigenvalue weighted by Gasteiger charge is 2.18. The van der Waals surface area contributed by atoms with Gasteiger partial charge in [-0.05, 0) is 88.3 Å². The van der Waals surface area contributed by atoms with Crippen molar-refractivity contribution in [3.05, 3.63) is 181 Å². The van der Waals surface area contributed by atoms with Crippen LogP contribution in [0, 0.1) is 13.1 Å². The van der Waals surface area contributed by atoms with Gasteiger partial charge in [0.25, 0.3) is 0 Å². The van der Waals surface area contributed by atoms with Gasteiger partial charge in [0.1, 0.15) is 0 Å². The number of fused-ring (bicyclic) bond motifs is 6. The highest BCUT2D eigenvalue weighted by Crippen LogP contribution is 2.41. The van der Waals surface area contributed by atoms with Gasteiger partial charge in [0.05, 0.1) is 35.2 Å². The summed E-state index contributed by atoms with van der Waals surface area (Å²) in [5.41, 5.74) is 11.6. The lowest BCUT2D eigenvalue weighted by Gasteiger charge is -2.16.